The number of nitrogens with zero attached hydrogens (tertiary/aromatic N) is 2. The number of hydrogen-bond donors (Lipinski definition) is 0. The van der Waals surface area contributed by atoms with Gasteiger partial charge in [-0.3, -0.25) is 4.98 Å². The molecule has 0 fully saturated rings. The predicted molar refractivity (Wildman–Crippen MR) is 27.4 cm³/mol. The Morgan fingerprint density at radius 3 is 2.50 bits per heavy atom. The first-order valence-corrected chi connectivity index (χ1v) is 2.37. The van der Waals surface area contributed by atoms with Crippen LogP contribution in [0.5, 0.6) is 6.01 Å². The molecule has 0 aliphatic heterocycles. The summed E-state index contributed by atoms with van der Waals surface area (Å²) in [6.07, 6.45) is 1.56. The molecule has 3 nitrogen and oxygen atoms in total. The average molecular weight is 111 g/mol. The summed E-state index contributed by atoms with van der Waals surface area (Å²) in [6.45, 7) is 1.84. The van der Waals surface area contributed by atoms with Gasteiger partial charge in [0, 0.05) is 18.9 Å². The fraction of sp³-hybridized carbons (Fsp3) is 0.400. The summed E-state index contributed by atoms with van der Waals surface area (Å²) in [4.78, 5) is 3.52. The van der Waals surface area contributed by atoms with Crippen LogP contribution in [0.1, 0.15) is 5.69 Å². The lowest BCUT2D eigenvalue weighted by Gasteiger charge is -2.03. The van der Waals surface area contributed by atoms with Crippen LogP contribution in [0.25, 0.3) is 0 Å². The Bertz CT molecular complexity index is 173. The van der Waals surface area contributed by atoms with E-state index in [4.69, 9.17) is 0 Å². The van der Waals surface area contributed by atoms with Crippen LogP contribution in [0.4, 0.5) is 0 Å². The van der Waals surface area contributed by atoms with Crippen molar-refractivity contribution in [2.24, 2.45) is 7.05 Å². The highest BCUT2D eigenvalue weighted by atomic mass is 16.3. The van der Waals surface area contributed by atoms with E-state index in [9.17, 15) is 5.11 Å². The van der Waals surface area contributed by atoms with Crippen LogP contribution in [0.2, 0.25) is 0 Å². The Kier molecular flexibility index (Phi) is 0.970. The van der Waals surface area contributed by atoms with Gasteiger partial charge in [-0.15, -0.1) is 0 Å². The average Bonchev–Trinajstić information content (AvgIpc) is 1.98. The van der Waals surface area contributed by atoms with E-state index in [0.29, 0.717) is 0 Å². The second-order valence-corrected chi connectivity index (χ2v) is 1.74. The maximum absolute atomic E-state index is 10.5. The van der Waals surface area contributed by atoms with Crippen molar-refractivity contribution >= 4 is 0 Å². The molecule has 0 spiro atoms. The molecule has 1 aromatic heterocycles. The van der Waals surface area contributed by atoms with Crippen LogP contribution < -0.4 is 5.11 Å². The Balaban J connectivity index is 3.19. The summed E-state index contributed by atoms with van der Waals surface area (Å²) in [5.74, 6) is 0. The molecule has 1 heterocycles. The van der Waals surface area contributed by atoms with E-state index in [1.807, 2.05) is 6.92 Å². The Morgan fingerprint density at radius 1 is 1.75 bits per heavy atom. The van der Waals surface area contributed by atoms with Crippen molar-refractivity contribution in [3.8, 4) is 6.01 Å². The fourth-order valence-electron chi connectivity index (χ4n) is 0.473. The molecular formula is C5H7N2O-. The van der Waals surface area contributed by atoms with Crippen LogP contribution in [0.3, 0.4) is 0 Å². The van der Waals surface area contributed by atoms with Crippen LogP contribution in [-0.2, 0) is 7.05 Å². The number of aryl methyl sites for hydroxylation is 1. The number of imidazole rings is 1. The maximum Gasteiger partial charge on any atom is 0.0598 e. The van der Waals surface area contributed by atoms with Gasteiger partial charge >= 0.3 is 0 Å². The predicted octanol–water partition coefficient (Wildman–Crippen LogP) is -0.198. The van der Waals surface area contributed by atoms with Crippen molar-refractivity contribution in [1.29, 1.82) is 0 Å². The summed E-state index contributed by atoms with van der Waals surface area (Å²) in [6, 6.07) is -0.178. The Morgan fingerprint density at radius 2 is 2.38 bits per heavy atom. The molecule has 44 valence electrons. The zero-order chi connectivity index (χ0) is 6.15. The summed E-state index contributed by atoms with van der Waals surface area (Å²) < 4.78 is 1.50. The first-order chi connectivity index (χ1) is 3.72. The highest BCUT2D eigenvalue weighted by Crippen LogP contribution is 2.01. The van der Waals surface area contributed by atoms with Crippen molar-refractivity contribution in [1.82, 2.24) is 9.55 Å². The van der Waals surface area contributed by atoms with E-state index in [1.165, 1.54) is 4.57 Å². The van der Waals surface area contributed by atoms with E-state index in [2.05, 4.69) is 4.98 Å². The van der Waals surface area contributed by atoms with Gasteiger partial charge in [0.2, 0.25) is 0 Å². The molecule has 0 saturated carbocycles. The molecule has 0 amide bonds. The highest BCUT2D eigenvalue weighted by Gasteiger charge is 1.88. The van der Waals surface area contributed by atoms with Crippen molar-refractivity contribution in [2.45, 2.75) is 6.92 Å². The summed E-state index contributed by atoms with van der Waals surface area (Å²) in [5, 5.41) is 10.5. The van der Waals surface area contributed by atoms with E-state index in [-0.39, 0.29) is 6.01 Å². The molecule has 1 aromatic rings. The third-order valence-corrected chi connectivity index (χ3v) is 1.18. The molecule has 0 atom stereocenters. The van der Waals surface area contributed by atoms with Crippen molar-refractivity contribution in [3.63, 3.8) is 0 Å². The third kappa shape index (κ3) is 0.559. The molecule has 1 rings (SSSR count). The Labute approximate surface area is 47.6 Å². The zero-order valence-corrected chi connectivity index (χ0v) is 4.88. The summed E-state index contributed by atoms with van der Waals surface area (Å²) in [7, 11) is 1.70. The van der Waals surface area contributed by atoms with Gasteiger partial charge in [0.05, 0.1) is 6.01 Å². The van der Waals surface area contributed by atoms with Gasteiger partial charge in [0.15, 0.2) is 0 Å². The smallest absolute Gasteiger partial charge is 0.0598 e. The van der Waals surface area contributed by atoms with Crippen LogP contribution in [0, 0.1) is 6.92 Å². The standard InChI is InChI=1S/C5H8N2O/c1-4-3-6-5(8)7(4)2/h3H,1-2H3,(H,6,8)/p-1. The monoisotopic (exact) mass is 111 g/mol. The first kappa shape index (κ1) is 5.15. The minimum absolute atomic E-state index is 0.178. The lowest BCUT2D eigenvalue weighted by molar-refractivity contribution is -0.284. The van der Waals surface area contributed by atoms with Gasteiger partial charge in [0.1, 0.15) is 0 Å². The van der Waals surface area contributed by atoms with Gasteiger partial charge in [-0.2, -0.15) is 0 Å². The molecule has 0 aromatic carbocycles. The highest BCUT2D eigenvalue weighted by molar-refractivity contribution is 5.03. The zero-order valence-electron chi connectivity index (χ0n) is 4.88. The number of rotatable bonds is 0. The molecular weight excluding hydrogens is 104 g/mol. The van der Waals surface area contributed by atoms with Crippen LogP contribution >= 0.6 is 0 Å². The van der Waals surface area contributed by atoms with Gasteiger partial charge < -0.3 is 9.67 Å². The van der Waals surface area contributed by atoms with Gasteiger partial charge in [-0.1, -0.05) is 0 Å². The quantitative estimate of drug-likeness (QED) is 0.465. The minimum atomic E-state index is -0.178. The van der Waals surface area contributed by atoms with E-state index < -0.39 is 0 Å². The van der Waals surface area contributed by atoms with E-state index >= 15 is 0 Å². The van der Waals surface area contributed by atoms with Crippen molar-refractivity contribution < 1.29 is 5.11 Å². The summed E-state index contributed by atoms with van der Waals surface area (Å²) >= 11 is 0. The fourth-order valence-corrected chi connectivity index (χ4v) is 0.473. The first-order valence-electron chi connectivity index (χ1n) is 2.37. The molecule has 0 aliphatic rings. The van der Waals surface area contributed by atoms with Crippen molar-refractivity contribution in [3.05, 3.63) is 11.9 Å². The number of hydrogen-bond acceptors (Lipinski definition) is 2. The molecule has 0 radical (unpaired) electrons. The topological polar surface area (TPSA) is 40.9 Å². The SMILES string of the molecule is Cc1cnc([O-])n1C. The Hall–Kier alpha value is -0.990. The molecule has 0 bridgehead atoms. The van der Waals surface area contributed by atoms with E-state index in [0.717, 1.165) is 5.69 Å². The molecule has 0 unspecified atom stereocenters. The molecule has 0 aliphatic carbocycles. The molecule has 3 heteroatoms. The molecule has 0 saturated heterocycles. The van der Waals surface area contributed by atoms with Crippen LogP contribution in [0.15, 0.2) is 6.20 Å². The minimum Gasteiger partial charge on any atom is -0.846 e. The second kappa shape index (κ2) is 1.51. The largest absolute Gasteiger partial charge is 0.846 e. The normalized spacial score (nSPS) is 9.75. The van der Waals surface area contributed by atoms with Gasteiger partial charge in [-0.25, -0.2) is 0 Å². The third-order valence-electron chi connectivity index (χ3n) is 1.18. The molecule has 8 heavy (non-hydrogen) atoms. The second-order valence-electron chi connectivity index (χ2n) is 1.74. The van der Waals surface area contributed by atoms with Gasteiger partial charge in [-0.05, 0) is 6.92 Å². The maximum atomic E-state index is 10.5. The number of aromatic nitrogens is 2. The van der Waals surface area contributed by atoms with Gasteiger partial charge in [0.25, 0.3) is 0 Å². The van der Waals surface area contributed by atoms with Crippen LogP contribution in [-0.4, -0.2) is 9.55 Å². The lowest BCUT2D eigenvalue weighted by Crippen LogP contribution is -2.00. The summed E-state index contributed by atoms with van der Waals surface area (Å²) in [5.41, 5.74) is 0.898. The lowest BCUT2D eigenvalue weighted by atomic mass is 10.5. The van der Waals surface area contributed by atoms with Crippen molar-refractivity contribution in [2.75, 3.05) is 0 Å². The molecule has 0 N–H and O–H groups in total. The van der Waals surface area contributed by atoms with E-state index in [1.54, 1.807) is 13.2 Å².